The van der Waals surface area contributed by atoms with Crippen LogP contribution in [0.4, 0.5) is 5.69 Å². The second-order valence-corrected chi connectivity index (χ2v) is 4.43. The number of phenolic OH excluding ortho intramolecular Hbond substituents is 1. The van der Waals surface area contributed by atoms with Gasteiger partial charge in [0.15, 0.2) is 5.78 Å². The van der Waals surface area contributed by atoms with E-state index >= 15 is 0 Å². The minimum absolute atomic E-state index is 0.0570. The summed E-state index contributed by atoms with van der Waals surface area (Å²) in [7, 11) is 1.85. The van der Waals surface area contributed by atoms with E-state index < -0.39 is 0 Å². The molecule has 0 saturated carbocycles. The fourth-order valence-corrected chi connectivity index (χ4v) is 2.03. The molecule has 0 radical (unpaired) electrons. The van der Waals surface area contributed by atoms with Crippen molar-refractivity contribution in [2.45, 2.75) is 6.92 Å². The minimum Gasteiger partial charge on any atom is -0.508 e. The van der Waals surface area contributed by atoms with Crippen LogP contribution in [-0.2, 0) is 0 Å². The van der Waals surface area contributed by atoms with E-state index in [1.165, 1.54) is 12.1 Å². The lowest BCUT2D eigenvalue weighted by atomic mass is 10.00. The number of rotatable bonds is 4. The Morgan fingerprint density at radius 3 is 2.35 bits per heavy atom. The Bertz CT molecular complexity index is 643. The number of ketones is 1. The Balaban J connectivity index is 2.39. The molecule has 0 amide bonds. The lowest BCUT2D eigenvalue weighted by Crippen LogP contribution is -2.02. The van der Waals surface area contributed by atoms with Crippen molar-refractivity contribution in [2.75, 3.05) is 12.4 Å². The van der Waals surface area contributed by atoms with Crippen LogP contribution in [0.2, 0.25) is 0 Å². The highest BCUT2D eigenvalue weighted by Gasteiger charge is 2.10. The van der Waals surface area contributed by atoms with E-state index in [1.807, 2.05) is 38.3 Å². The second-order valence-electron chi connectivity index (χ2n) is 4.43. The van der Waals surface area contributed by atoms with Crippen molar-refractivity contribution in [1.82, 2.24) is 0 Å². The number of aromatic hydroxyl groups is 1. The summed E-state index contributed by atoms with van der Waals surface area (Å²) >= 11 is 0. The summed E-state index contributed by atoms with van der Waals surface area (Å²) in [4.78, 5) is 12.4. The van der Waals surface area contributed by atoms with Gasteiger partial charge in [-0.05, 0) is 55.0 Å². The maximum absolute atomic E-state index is 12.4. The Kier molecular flexibility index (Phi) is 4.20. The van der Waals surface area contributed by atoms with E-state index in [1.54, 1.807) is 18.2 Å². The Labute approximate surface area is 118 Å². The van der Waals surface area contributed by atoms with Crippen LogP contribution < -0.4 is 5.32 Å². The molecule has 2 N–H and O–H groups in total. The molecule has 0 unspecified atom stereocenters. The number of anilines is 1. The van der Waals surface area contributed by atoms with E-state index in [2.05, 4.69) is 5.32 Å². The van der Waals surface area contributed by atoms with Crippen molar-refractivity contribution in [3.63, 3.8) is 0 Å². The van der Waals surface area contributed by atoms with Crippen LogP contribution in [-0.4, -0.2) is 17.9 Å². The van der Waals surface area contributed by atoms with Crippen LogP contribution in [0.25, 0.3) is 6.08 Å². The van der Waals surface area contributed by atoms with Gasteiger partial charge >= 0.3 is 0 Å². The van der Waals surface area contributed by atoms with Gasteiger partial charge in [0.2, 0.25) is 0 Å². The van der Waals surface area contributed by atoms with Crippen molar-refractivity contribution >= 4 is 17.5 Å². The van der Waals surface area contributed by atoms with Gasteiger partial charge in [-0.3, -0.25) is 4.79 Å². The van der Waals surface area contributed by atoms with Crippen LogP contribution in [0.5, 0.6) is 5.75 Å². The van der Waals surface area contributed by atoms with Crippen molar-refractivity contribution in [1.29, 1.82) is 0 Å². The van der Waals surface area contributed by atoms with E-state index in [9.17, 15) is 9.90 Å². The first kappa shape index (κ1) is 13.9. The summed E-state index contributed by atoms with van der Waals surface area (Å²) in [6.07, 6.45) is 3.89. The first-order chi connectivity index (χ1) is 9.65. The molecule has 0 saturated heterocycles. The molecule has 3 nitrogen and oxygen atoms in total. The molecule has 2 rings (SSSR count). The van der Waals surface area contributed by atoms with Gasteiger partial charge in [-0.2, -0.15) is 0 Å². The third kappa shape index (κ3) is 2.88. The largest absolute Gasteiger partial charge is 0.508 e. The maximum Gasteiger partial charge on any atom is 0.193 e. The van der Waals surface area contributed by atoms with Gasteiger partial charge in [-0.25, -0.2) is 0 Å². The first-order valence-electron chi connectivity index (χ1n) is 6.44. The summed E-state index contributed by atoms with van der Waals surface area (Å²) in [5, 5.41) is 12.4. The van der Waals surface area contributed by atoms with Crippen molar-refractivity contribution in [3.05, 3.63) is 65.2 Å². The Morgan fingerprint density at radius 1 is 1.10 bits per heavy atom. The van der Waals surface area contributed by atoms with Crippen LogP contribution in [0.15, 0.2) is 48.5 Å². The molecule has 102 valence electrons. The molecule has 2 aromatic rings. The molecular formula is C17H17NO2. The van der Waals surface area contributed by atoms with E-state index in [4.69, 9.17) is 0 Å². The monoisotopic (exact) mass is 267 g/mol. The topological polar surface area (TPSA) is 49.3 Å². The molecule has 0 aliphatic heterocycles. The normalized spacial score (nSPS) is 10.7. The number of hydrogen-bond acceptors (Lipinski definition) is 3. The van der Waals surface area contributed by atoms with Crippen molar-refractivity contribution in [2.24, 2.45) is 0 Å². The number of carbonyl (C=O) groups excluding carboxylic acids is 1. The van der Waals surface area contributed by atoms with Gasteiger partial charge in [0, 0.05) is 23.9 Å². The van der Waals surface area contributed by atoms with Gasteiger partial charge in [0.05, 0.1) is 0 Å². The third-order valence-corrected chi connectivity index (χ3v) is 3.06. The second kappa shape index (κ2) is 6.06. The minimum atomic E-state index is -0.0570. The van der Waals surface area contributed by atoms with Crippen LogP contribution in [0.1, 0.15) is 28.4 Å². The van der Waals surface area contributed by atoms with Crippen molar-refractivity contribution in [3.8, 4) is 5.75 Å². The number of allylic oxidation sites excluding steroid dienone is 1. The van der Waals surface area contributed by atoms with Crippen LogP contribution in [0.3, 0.4) is 0 Å². The van der Waals surface area contributed by atoms with Gasteiger partial charge in [0.1, 0.15) is 5.75 Å². The van der Waals surface area contributed by atoms with Crippen molar-refractivity contribution < 1.29 is 9.90 Å². The fourth-order valence-electron chi connectivity index (χ4n) is 2.03. The molecule has 0 bridgehead atoms. The zero-order valence-electron chi connectivity index (χ0n) is 11.6. The lowest BCUT2D eigenvalue weighted by Gasteiger charge is -2.08. The highest BCUT2D eigenvalue weighted by atomic mass is 16.3. The molecule has 0 aromatic heterocycles. The van der Waals surface area contributed by atoms with E-state index in [0.717, 1.165) is 11.3 Å². The van der Waals surface area contributed by atoms with Crippen LogP contribution >= 0.6 is 0 Å². The highest BCUT2D eigenvalue weighted by Crippen LogP contribution is 2.21. The number of nitrogens with one attached hydrogen (secondary N) is 1. The van der Waals surface area contributed by atoms with Gasteiger partial charge in [0.25, 0.3) is 0 Å². The molecular weight excluding hydrogens is 250 g/mol. The van der Waals surface area contributed by atoms with E-state index in [-0.39, 0.29) is 11.5 Å². The lowest BCUT2D eigenvalue weighted by molar-refractivity contribution is 0.103. The molecule has 3 heteroatoms. The molecule has 2 aromatic carbocycles. The SMILES string of the molecule is C/C=C/c1cc(C(=O)c2ccc(O)cc2)ccc1NC. The molecule has 0 spiro atoms. The number of benzene rings is 2. The van der Waals surface area contributed by atoms with Crippen LogP contribution in [0, 0.1) is 0 Å². The summed E-state index contributed by atoms with van der Waals surface area (Å²) < 4.78 is 0. The zero-order chi connectivity index (χ0) is 14.5. The first-order valence-corrected chi connectivity index (χ1v) is 6.44. The molecule has 20 heavy (non-hydrogen) atoms. The maximum atomic E-state index is 12.4. The molecule has 0 fully saturated rings. The standard InChI is InChI=1S/C17H17NO2/c1-3-4-13-11-14(7-10-16(13)18-2)17(20)12-5-8-15(19)9-6-12/h3-11,18-19H,1-2H3/b4-3+. The predicted molar refractivity (Wildman–Crippen MR) is 82.2 cm³/mol. The van der Waals surface area contributed by atoms with Gasteiger partial charge in [-0.15, -0.1) is 0 Å². The number of hydrogen-bond donors (Lipinski definition) is 2. The molecule has 0 aliphatic carbocycles. The summed E-state index contributed by atoms with van der Waals surface area (Å²) in [6, 6.07) is 11.8. The highest BCUT2D eigenvalue weighted by molar-refractivity contribution is 6.09. The quantitative estimate of drug-likeness (QED) is 0.830. The summed E-state index contributed by atoms with van der Waals surface area (Å²) in [5.41, 5.74) is 3.14. The number of phenols is 1. The Hall–Kier alpha value is -2.55. The summed E-state index contributed by atoms with van der Waals surface area (Å²) in [5.74, 6) is 0.0973. The average molecular weight is 267 g/mol. The summed E-state index contributed by atoms with van der Waals surface area (Å²) in [6.45, 7) is 1.94. The third-order valence-electron chi connectivity index (χ3n) is 3.06. The molecule has 0 aliphatic rings. The predicted octanol–water partition coefficient (Wildman–Crippen LogP) is 3.70. The smallest absolute Gasteiger partial charge is 0.193 e. The van der Waals surface area contributed by atoms with Gasteiger partial charge in [-0.1, -0.05) is 12.2 Å². The van der Waals surface area contributed by atoms with E-state index in [0.29, 0.717) is 11.1 Å². The average Bonchev–Trinajstić information content (AvgIpc) is 2.47. The zero-order valence-corrected chi connectivity index (χ0v) is 11.6. The van der Waals surface area contributed by atoms with Gasteiger partial charge < -0.3 is 10.4 Å². The number of carbonyl (C=O) groups is 1. The Morgan fingerprint density at radius 2 is 1.75 bits per heavy atom. The molecule has 0 atom stereocenters. The fraction of sp³-hybridized carbons (Fsp3) is 0.118. The molecule has 0 heterocycles.